The first-order valence-corrected chi connectivity index (χ1v) is 8.05. The predicted molar refractivity (Wildman–Crippen MR) is 93.0 cm³/mol. The van der Waals surface area contributed by atoms with Gasteiger partial charge in [0, 0.05) is 15.6 Å². The van der Waals surface area contributed by atoms with E-state index >= 15 is 0 Å². The Morgan fingerprint density at radius 2 is 1.65 bits per heavy atom. The van der Waals surface area contributed by atoms with Gasteiger partial charge in [-0.15, -0.1) is 0 Å². The van der Waals surface area contributed by atoms with E-state index in [4.69, 9.17) is 23.2 Å². The van der Waals surface area contributed by atoms with Gasteiger partial charge in [-0.1, -0.05) is 23.2 Å². The molecule has 1 fully saturated rings. The van der Waals surface area contributed by atoms with Gasteiger partial charge >= 0.3 is 0 Å². The molecule has 1 saturated heterocycles. The molecule has 0 radical (unpaired) electrons. The lowest BCUT2D eigenvalue weighted by Crippen LogP contribution is -2.27. The number of hydrogen-bond acceptors (Lipinski definition) is 4. The van der Waals surface area contributed by atoms with E-state index < -0.39 is 11.1 Å². The van der Waals surface area contributed by atoms with E-state index in [9.17, 15) is 14.7 Å². The number of anilines is 1. The molecule has 23 heavy (non-hydrogen) atoms. The van der Waals surface area contributed by atoms with Gasteiger partial charge in [0.05, 0.1) is 10.6 Å². The predicted octanol–water partition coefficient (Wildman–Crippen LogP) is 4.94. The molecule has 7 heteroatoms. The first kappa shape index (κ1) is 15.9. The van der Waals surface area contributed by atoms with Gasteiger partial charge in [-0.25, -0.2) is 4.90 Å². The minimum Gasteiger partial charge on any atom is -0.507 e. The van der Waals surface area contributed by atoms with Crippen molar-refractivity contribution in [2.24, 2.45) is 0 Å². The number of benzene rings is 2. The van der Waals surface area contributed by atoms with Crippen LogP contribution in [-0.2, 0) is 4.79 Å². The second-order valence-corrected chi connectivity index (χ2v) is 6.56. The van der Waals surface area contributed by atoms with Crippen LogP contribution < -0.4 is 4.90 Å². The van der Waals surface area contributed by atoms with Crippen molar-refractivity contribution >= 4 is 57.9 Å². The number of phenolic OH excluding ortho intramolecular Hbond substituents is 1. The lowest BCUT2D eigenvalue weighted by atomic mass is 10.2. The highest BCUT2D eigenvalue weighted by Gasteiger charge is 2.36. The van der Waals surface area contributed by atoms with Gasteiger partial charge in [-0.3, -0.25) is 9.59 Å². The van der Waals surface area contributed by atoms with Crippen LogP contribution in [0.3, 0.4) is 0 Å². The number of hydrogen-bond donors (Lipinski definition) is 1. The van der Waals surface area contributed by atoms with Crippen molar-refractivity contribution in [1.29, 1.82) is 0 Å². The van der Waals surface area contributed by atoms with Crippen LogP contribution in [0.25, 0.3) is 6.08 Å². The van der Waals surface area contributed by atoms with Crippen LogP contribution in [-0.4, -0.2) is 16.3 Å². The van der Waals surface area contributed by atoms with Crippen LogP contribution in [0.4, 0.5) is 10.5 Å². The monoisotopic (exact) mass is 365 g/mol. The number of carbonyl (C=O) groups excluding carboxylic acids is 2. The van der Waals surface area contributed by atoms with Crippen molar-refractivity contribution in [3.63, 3.8) is 0 Å². The summed E-state index contributed by atoms with van der Waals surface area (Å²) in [6, 6.07) is 10.9. The third-order valence-electron chi connectivity index (χ3n) is 3.15. The molecule has 0 aromatic heterocycles. The minimum absolute atomic E-state index is 0.0207. The van der Waals surface area contributed by atoms with Crippen LogP contribution in [0.2, 0.25) is 10.0 Å². The normalized spacial score (nSPS) is 16.4. The molecule has 0 spiro atoms. The zero-order valence-electron chi connectivity index (χ0n) is 11.5. The molecule has 1 heterocycles. The highest BCUT2D eigenvalue weighted by Crippen LogP contribution is 2.37. The third-order valence-corrected chi connectivity index (χ3v) is 4.51. The maximum atomic E-state index is 12.5. The Kier molecular flexibility index (Phi) is 4.35. The maximum absolute atomic E-state index is 12.5. The van der Waals surface area contributed by atoms with Gasteiger partial charge in [0.15, 0.2) is 0 Å². The number of nitrogens with zero attached hydrogens (tertiary/aromatic N) is 1. The standard InChI is InChI=1S/C16H9Cl2NO3S/c17-10-1-4-12(5-2-10)19-15(21)14(23-16(19)22)8-9-7-11(18)3-6-13(9)20/h1-8,20H/b14-8-. The minimum atomic E-state index is -0.457. The van der Waals surface area contributed by atoms with Crippen molar-refractivity contribution in [2.75, 3.05) is 4.90 Å². The summed E-state index contributed by atoms with van der Waals surface area (Å²) < 4.78 is 0. The lowest BCUT2D eigenvalue weighted by molar-refractivity contribution is -0.113. The molecular weight excluding hydrogens is 357 g/mol. The van der Waals surface area contributed by atoms with Crippen LogP contribution >= 0.6 is 35.0 Å². The molecule has 4 nitrogen and oxygen atoms in total. The van der Waals surface area contributed by atoms with Crippen molar-refractivity contribution in [2.45, 2.75) is 0 Å². The van der Waals surface area contributed by atoms with Gasteiger partial charge in [0.25, 0.3) is 11.1 Å². The molecule has 2 aromatic rings. The van der Waals surface area contributed by atoms with Crippen LogP contribution in [0.5, 0.6) is 5.75 Å². The summed E-state index contributed by atoms with van der Waals surface area (Å²) >= 11 is 12.5. The Labute approximate surface area is 146 Å². The quantitative estimate of drug-likeness (QED) is 0.765. The number of rotatable bonds is 2. The van der Waals surface area contributed by atoms with Crippen molar-refractivity contribution < 1.29 is 14.7 Å². The topological polar surface area (TPSA) is 57.6 Å². The average molecular weight is 366 g/mol. The Morgan fingerprint density at radius 3 is 2.35 bits per heavy atom. The number of halogens is 2. The number of amides is 2. The van der Waals surface area contributed by atoms with Gasteiger partial charge in [0.2, 0.25) is 0 Å². The van der Waals surface area contributed by atoms with E-state index in [0.717, 1.165) is 16.7 Å². The molecule has 116 valence electrons. The molecule has 1 aliphatic rings. The van der Waals surface area contributed by atoms with E-state index in [-0.39, 0.29) is 10.7 Å². The summed E-state index contributed by atoms with van der Waals surface area (Å²) in [5, 5.41) is 10.3. The number of carbonyl (C=O) groups is 2. The first-order chi connectivity index (χ1) is 11.0. The van der Waals surface area contributed by atoms with E-state index in [1.807, 2.05) is 0 Å². The number of phenols is 1. The highest BCUT2D eigenvalue weighted by molar-refractivity contribution is 8.19. The smallest absolute Gasteiger partial charge is 0.298 e. The second kappa shape index (κ2) is 6.28. The summed E-state index contributed by atoms with van der Waals surface area (Å²) in [5.74, 6) is -0.477. The molecule has 1 aliphatic heterocycles. The van der Waals surface area contributed by atoms with Gasteiger partial charge < -0.3 is 5.11 Å². The third kappa shape index (κ3) is 3.22. The molecule has 0 unspecified atom stereocenters. The van der Waals surface area contributed by atoms with Crippen LogP contribution in [0.1, 0.15) is 5.56 Å². The molecule has 2 aromatic carbocycles. The zero-order valence-corrected chi connectivity index (χ0v) is 13.8. The highest BCUT2D eigenvalue weighted by atomic mass is 35.5. The summed E-state index contributed by atoms with van der Waals surface area (Å²) in [6.45, 7) is 0. The van der Waals surface area contributed by atoms with E-state index in [1.165, 1.54) is 24.3 Å². The SMILES string of the molecule is O=C1S/C(=C\c2cc(Cl)ccc2O)C(=O)N1c1ccc(Cl)cc1. The molecule has 1 N–H and O–H groups in total. The second-order valence-electron chi connectivity index (χ2n) is 4.70. The molecular formula is C16H9Cl2NO3S. The fourth-order valence-corrected chi connectivity index (χ4v) is 3.20. The number of thioether (sulfide) groups is 1. The van der Waals surface area contributed by atoms with Crippen molar-refractivity contribution in [3.05, 3.63) is 63.0 Å². The van der Waals surface area contributed by atoms with E-state index in [1.54, 1.807) is 24.3 Å². The van der Waals surface area contributed by atoms with Gasteiger partial charge in [-0.2, -0.15) is 0 Å². The summed E-state index contributed by atoms with van der Waals surface area (Å²) in [6.07, 6.45) is 1.45. The Morgan fingerprint density at radius 1 is 1.00 bits per heavy atom. The molecule has 0 aliphatic carbocycles. The van der Waals surface area contributed by atoms with Crippen LogP contribution in [0.15, 0.2) is 47.4 Å². The summed E-state index contributed by atoms with van der Waals surface area (Å²) in [4.78, 5) is 25.9. The number of imide groups is 1. The Balaban J connectivity index is 1.96. The van der Waals surface area contributed by atoms with Crippen molar-refractivity contribution in [1.82, 2.24) is 0 Å². The van der Waals surface area contributed by atoms with Gasteiger partial charge in [0.1, 0.15) is 5.75 Å². The molecule has 3 rings (SSSR count). The first-order valence-electron chi connectivity index (χ1n) is 6.48. The van der Waals surface area contributed by atoms with Gasteiger partial charge in [-0.05, 0) is 60.3 Å². The molecule has 0 saturated carbocycles. The fraction of sp³-hybridized carbons (Fsp3) is 0. The Bertz CT molecular complexity index is 834. The fourth-order valence-electron chi connectivity index (χ4n) is 2.06. The van der Waals surface area contributed by atoms with Crippen molar-refractivity contribution in [3.8, 4) is 5.75 Å². The lowest BCUT2D eigenvalue weighted by Gasteiger charge is -2.12. The zero-order chi connectivity index (χ0) is 16.6. The molecule has 0 bridgehead atoms. The van der Waals surface area contributed by atoms with Crippen LogP contribution in [0, 0.1) is 0 Å². The van der Waals surface area contributed by atoms with E-state index in [2.05, 4.69) is 0 Å². The summed E-state index contributed by atoms with van der Waals surface area (Å²) in [7, 11) is 0. The Hall–Kier alpha value is -1.95. The molecule has 0 atom stereocenters. The maximum Gasteiger partial charge on any atom is 0.298 e. The van der Waals surface area contributed by atoms with E-state index in [0.29, 0.717) is 21.3 Å². The molecule has 2 amide bonds. The number of aromatic hydroxyl groups is 1. The average Bonchev–Trinajstić information content (AvgIpc) is 2.79. The summed E-state index contributed by atoms with van der Waals surface area (Å²) in [5.41, 5.74) is 0.815. The largest absolute Gasteiger partial charge is 0.507 e.